The molecule has 2 aromatic heterocycles. The molecule has 2 aromatic carbocycles. The Kier molecular flexibility index (Phi) is 5.99. The Morgan fingerprint density at radius 2 is 2.09 bits per heavy atom. The van der Waals surface area contributed by atoms with Crippen molar-refractivity contribution >= 4 is 38.7 Å². The Bertz CT molecular complexity index is 1310. The van der Waals surface area contributed by atoms with E-state index in [0.717, 1.165) is 34.6 Å². The second kappa shape index (κ2) is 9.41. The van der Waals surface area contributed by atoms with Crippen LogP contribution in [-0.4, -0.2) is 43.3 Å². The lowest BCUT2D eigenvalue weighted by Gasteiger charge is -2.21. The van der Waals surface area contributed by atoms with Gasteiger partial charge in [0.1, 0.15) is 12.7 Å². The molecule has 1 atom stereocenters. The average Bonchev–Trinajstić information content (AvgIpc) is 3.60. The summed E-state index contributed by atoms with van der Waals surface area (Å²) in [5.41, 5.74) is 4.30. The summed E-state index contributed by atoms with van der Waals surface area (Å²) in [6, 6.07) is 14.7. The Hall–Kier alpha value is -2.87. The zero-order valence-corrected chi connectivity index (χ0v) is 20.3. The highest BCUT2D eigenvalue weighted by Gasteiger charge is 2.26. The number of carbonyl (C=O) groups is 1. The van der Waals surface area contributed by atoms with Crippen LogP contribution in [0, 0.1) is 0 Å². The van der Waals surface area contributed by atoms with Crippen molar-refractivity contribution in [1.82, 2.24) is 4.90 Å². The van der Waals surface area contributed by atoms with Gasteiger partial charge in [0.2, 0.25) is 5.91 Å². The highest BCUT2D eigenvalue weighted by atomic mass is 32.1. The minimum absolute atomic E-state index is 0.0155. The molecular weight excluding hydrogens is 466 g/mol. The van der Waals surface area contributed by atoms with E-state index in [-0.39, 0.29) is 12.0 Å². The Labute approximate surface area is 206 Å². The fourth-order valence-electron chi connectivity index (χ4n) is 4.61. The summed E-state index contributed by atoms with van der Waals surface area (Å²) in [6.45, 7) is 2.81. The quantitative estimate of drug-likeness (QED) is 0.356. The van der Waals surface area contributed by atoms with Gasteiger partial charge in [0.25, 0.3) is 0 Å². The first-order valence-electron chi connectivity index (χ1n) is 11.5. The van der Waals surface area contributed by atoms with Gasteiger partial charge in [-0.15, -0.1) is 11.3 Å². The number of nitrogens with zero attached hydrogens (tertiary/aromatic N) is 1. The van der Waals surface area contributed by atoms with Crippen molar-refractivity contribution in [3.05, 3.63) is 69.7 Å². The first-order chi connectivity index (χ1) is 16.7. The molecule has 0 N–H and O–H groups in total. The molecule has 1 amide bonds. The minimum atomic E-state index is 0.0155. The first kappa shape index (κ1) is 21.6. The van der Waals surface area contributed by atoms with E-state index in [2.05, 4.69) is 41.8 Å². The van der Waals surface area contributed by atoms with Gasteiger partial charge in [0, 0.05) is 34.2 Å². The summed E-state index contributed by atoms with van der Waals surface area (Å²) in [4.78, 5) is 15.0. The molecule has 174 valence electrons. The second-order valence-electron chi connectivity index (χ2n) is 8.68. The van der Waals surface area contributed by atoms with Crippen LogP contribution in [0.5, 0.6) is 11.5 Å². The van der Waals surface area contributed by atoms with Crippen LogP contribution < -0.4 is 9.47 Å². The number of amides is 1. The number of hydrogen-bond donors (Lipinski definition) is 0. The summed E-state index contributed by atoms with van der Waals surface area (Å²) in [5.74, 6) is 1.61. The Balaban J connectivity index is 1.38. The molecular formula is C27H25NO4S2. The normalized spacial score (nSPS) is 17.9. The topological polar surface area (TPSA) is 48.0 Å². The van der Waals surface area contributed by atoms with Crippen LogP contribution in [0.1, 0.15) is 17.5 Å². The first-order valence-corrected chi connectivity index (χ1v) is 13.4. The van der Waals surface area contributed by atoms with E-state index < -0.39 is 0 Å². The fourth-order valence-corrected chi connectivity index (χ4v) is 6.24. The van der Waals surface area contributed by atoms with Gasteiger partial charge >= 0.3 is 0 Å². The maximum atomic E-state index is 13.1. The summed E-state index contributed by atoms with van der Waals surface area (Å²) in [5, 5.41) is 7.47. The molecule has 2 aliphatic rings. The number of rotatable bonds is 5. The zero-order valence-electron chi connectivity index (χ0n) is 18.7. The smallest absolute Gasteiger partial charge is 0.227 e. The maximum absolute atomic E-state index is 13.1. The van der Waals surface area contributed by atoms with E-state index in [1.807, 2.05) is 21.7 Å². The van der Waals surface area contributed by atoms with E-state index in [1.165, 1.54) is 15.6 Å². The largest absolute Gasteiger partial charge is 0.487 e. The molecule has 0 radical (unpaired) electrons. The molecule has 0 saturated carbocycles. The summed E-state index contributed by atoms with van der Waals surface area (Å²) >= 11 is 3.36. The molecule has 34 heavy (non-hydrogen) atoms. The fraction of sp³-hybridized carbons (Fsp3) is 0.296. The highest BCUT2D eigenvalue weighted by Crippen LogP contribution is 2.42. The lowest BCUT2D eigenvalue weighted by molar-refractivity contribution is -0.131. The molecule has 7 heteroatoms. The van der Waals surface area contributed by atoms with E-state index in [9.17, 15) is 4.79 Å². The van der Waals surface area contributed by atoms with Gasteiger partial charge in [-0.1, -0.05) is 18.2 Å². The third-order valence-electron chi connectivity index (χ3n) is 6.36. The van der Waals surface area contributed by atoms with Crippen LogP contribution in [0.2, 0.25) is 0 Å². The van der Waals surface area contributed by atoms with Crippen LogP contribution in [0.15, 0.2) is 58.6 Å². The SMILES string of the molecule is O=C(Cc1ccsc1)N1CCOc2c(cc(-c3csc4ccccc34)cc2OC2CCOC2)C1. The predicted octanol–water partition coefficient (Wildman–Crippen LogP) is 5.76. The molecule has 6 rings (SSSR count). The summed E-state index contributed by atoms with van der Waals surface area (Å²) < 4.78 is 19.4. The van der Waals surface area contributed by atoms with Gasteiger partial charge in [0.05, 0.1) is 26.2 Å². The Morgan fingerprint density at radius 3 is 2.94 bits per heavy atom. The average molecular weight is 492 g/mol. The molecule has 2 aliphatic heterocycles. The number of carbonyl (C=O) groups excluding carboxylic acids is 1. The summed E-state index contributed by atoms with van der Waals surface area (Å²) in [6.07, 6.45) is 1.30. The number of hydrogen-bond acceptors (Lipinski definition) is 6. The lowest BCUT2D eigenvalue weighted by atomic mass is 10.0. The number of thiophene rings is 2. The monoisotopic (exact) mass is 491 g/mol. The van der Waals surface area contributed by atoms with Gasteiger partial charge in [0.15, 0.2) is 11.5 Å². The highest BCUT2D eigenvalue weighted by molar-refractivity contribution is 7.17. The van der Waals surface area contributed by atoms with E-state index in [1.54, 1.807) is 22.7 Å². The molecule has 0 aliphatic carbocycles. The summed E-state index contributed by atoms with van der Waals surface area (Å²) in [7, 11) is 0. The van der Waals surface area contributed by atoms with E-state index in [4.69, 9.17) is 14.2 Å². The number of benzene rings is 2. The van der Waals surface area contributed by atoms with Crippen LogP contribution in [0.3, 0.4) is 0 Å². The van der Waals surface area contributed by atoms with Gasteiger partial charge in [-0.25, -0.2) is 0 Å². The van der Waals surface area contributed by atoms with Gasteiger partial charge in [-0.05, 0) is 51.5 Å². The maximum Gasteiger partial charge on any atom is 0.227 e. The predicted molar refractivity (Wildman–Crippen MR) is 136 cm³/mol. The molecule has 4 heterocycles. The van der Waals surface area contributed by atoms with Crippen molar-refractivity contribution in [2.75, 3.05) is 26.4 Å². The van der Waals surface area contributed by atoms with E-state index in [0.29, 0.717) is 39.3 Å². The molecule has 1 unspecified atom stereocenters. The standard InChI is InChI=1S/C27H25NO4S2/c29-26(11-18-6-10-33-16-18)28-7-9-31-27-20(14-28)12-19(13-24(27)32-21-5-8-30-15-21)23-17-34-25-4-2-1-3-22(23)25/h1-4,6,10,12-13,16-17,21H,5,7-9,11,14-15H2. The lowest BCUT2D eigenvalue weighted by Crippen LogP contribution is -2.33. The zero-order chi connectivity index (χ0) is 22.9. The third kappa shape index (κ3) is 4.31. The molecule has 0 spiro atoms. The van der Waals surface area contributed by atoms with Gasteiger partial charge in [-0.2, -0.15) is 11.3 Å². The molecule has 4 aromatic rings. The third-order valence-corrected chi connectivity index (χ3v) is 8.06. The van der Waals surface area contributed by atoms with Crippen molar-refractivity contribution in [2.24, 2.45) is 0 Å². The molecule has 1 saturated heterocycles. The number of fused-ring (bicyclic) bond motifs is 2. The van der Waals surface area contributed by atoms with E-state index >= 15 is 0 Å². The molecule has 5 nitrogen and oxygen atoms in total. The number of ether oxygens (including phenoxy) is 3. The molecule has 0 bridgehead atoms. The van der Waals surface area contributed by atoms with Crippen molar-refractivity contribution in [3.8, 4) is 22.6 Å². The van der Waals surface area contributed by atoms with Crippen LogP contribution in [0.4, 0.5) is 0 Å². The van der Waals surface area contributed by atoms with Crippen LogP contribution in [-0.2, 0) is 22.5 Å². The second-order valence-corrected chi connectivity index (χ2v) is 10.4. The minimum Gasteiger partial charge on any atom is -0.487 e. The molecule has 1 fully saturated rings. The van der Waals surface area contributed by atoms with Crippen molar-refractivity contribution in [1.29, 1.82) is 0 Å². The van der Waals surface area contributed by atoms with Crippen LogP contribution in [0.25, 0.3) is 21.2 Å². The van der Waals surface area contributed by atoms with Crippen molar-refractivity contribution < 1.29 is 19.0 Å². The van der Waals surface area contributed by atoms with Crippen molar-refractivity contribution in [2.45, 2.75) is 25.5 Å². The van der Waals surface area contributed by atoms with Gasteiger partial charge in [-0.3, -0.25) is 4.79 Å². The van der Waals surface area contributed by atoms with Crippen molar-refractivity contribution in [3.63, 3.8) is 0 Å². The Morgan fingerprint density at radius 1 is 1.15 bits per heavy atom. The van der Waals surface area contributed by atoms with Gasteiger partial charge < -0.3 is 19.1 Å². The van der Waals surface area contributed by atoms with Crippen LogP contribution >= 0.6 is 22.7 Å².